The highest BCUT2D eigenvalue weighted by molar-refractivity contribution is 5.57. The smallest absolute Gasteiger partial charge is 0.406 e. The van der Waals surface area contributed by atoms with Gasteiger partial charge in [-0.15, -0.1) is 4.39 Å². The molecule has 0 aliphatic heterocycles. The Balaban J connectivity index is 3.13. The van der Waals surface area contributed by atoms with Crippen LogP contribution in [0.4, 0.5) is 13.6 Å². The first-order valence-electron chi connectivity index (χ1n) is 1.63. The molecule has 0 spiro atoms. The highest BCUT2D eigenvalue weighted by Gasteiger charge is 2.02. The molecule has 0 saturated heterocycles. The van der Waals surface area contributed by atoms with Crippen molar-refractivity contribution in [2.45, 2.75) is 13.3 Å². The zero-order chi connectivity index (χ0) is 5.86. The Labute approximate surface area is 39.1 Å². The van der Waals surface area contributed by atoms with Gasteiger partial charge in [-0.05, 0) is 0 Å². The summed E-state index contributed by atoms with van der Waals surface area (Å²) in [5, 5.41) is 0. The van der Waals surface area contributed by atoms with Gasteiger partial charge in [0.25, 0.3) is 0 Å². The molecular weight excluding hydrogens is 106 g/mol. The predicted octanol–water partition coefficient (Wildman–Crippen LogP) is 1.41. The number of carbonyl (C=O) groups is 1. The fraction of sp³-hybridized carbons (Fsp3) is 0.667. The summed E-state index contributed by atoms with van der Waals surface area (Å²) in [5.74, 6) is 0. The van der Waals surface area contributed by atoms with E-state index in [0.29, 0.717) is 0 Å². The molecule has 0 aliphatic rings. The van der Waals surface area contributed by atoms with Crippen molar-refractivity contribution in [3.8, 4) is 0 Å². The number of halogens is 2. The Bertz CT molecular complexity index is 71.3. The minimum atomic E-state index is -2.09. The minimum absolute atomic E-state index is 0.914. The van der Waals surface area contributed by atoms with Crippen molar-refractivity contribution in [1.29, 1.82) is 0 Å². The van der Waals surface area contributed by atoms with Crippen LogP contribution < -0.4 is 0 Å². The monoisotopic (exact) mass is 110 g/mol. The predicted molar refractivity (Wildman–Crippen MR) is 18.2 cm³/mol. The molecule has 0 aromatic rings. The molecule has 0 heterocycles. The van der Waals surface area contributed by atoms with Crippen molar-refractivity contribution < 1.29 is 18.3 Å². The van der Waals surface area contributed by atoms with Crippen LogP contribution in [-0.2, 0) is 4.74 Å². The molecule has 0 aromatic carbocycles. The molecule has 0 rings (SSSR count). The SMILES string of the molecule is CC(F)OC(=O)F. The molecule has 0 amide bonds. The van der Waals surface area contributed by atoms with E-state index in [4.69, 9.17) is 4.79 Å². The highest BCUT2D eigenvalue weighted by atomic mass is 19.2. The Hall–Kier alpha value is -0.670. The van der Waals surface area contributed by atoms with Crippen LogP contribution in [0.1, 0.15) is 6.92 Å². The van der Waals surface area contributed by atoms with E-state index in [9.17, 15) is 8.78 Å². The molecule has 0 fully saturated rings. The Morgan fingerprint density at radius 2 is 2.29 bits per heavy atom. The summed E-state index contributed by atoms with van der Waals surface area (Å²) in [5.41, 5.74) is 0. The Morgan fingerprint density at radius 3 is 2.29 bits per heavy atom. The van der Waals surface area contributed by atoms with E-state index in [-0.39, 0.29) is 0 Å². The third kappa shape index (κ3) is 5.33. The van der Waals surface area contributed by atoms with Gasteiger partial charge in [0, 0.05) is 6.92 Å². The summed E-state index contributed by atoms with van der Waals surface area (Å²) < 4.78 is 25.4. The van der Waals surface area contributed by atoms with Crippen LogP contribution in [0.3, 0.4) is 0 Å². The molecule has 42 valence electrons. The number of rotatable bonds is 1. The average Bonchev–Trinajstić information content (AvgIpc) is 1.27. The summed E-state index contributed by atoms with van der Waals surface area (Å²) in [6.07, 6.45) is -3.94. The lowest BCUT2D eigenvalue weighted by molar-refractivity contribution is 0.0133. The fourth-order valence-corrected chi connectivity index (χ4v) is 0.128. The molecule has 0 bridgehead atoms. The maximum Gasteiger partial charge on any atom is 0.497 e. The van der Waals surface area contributed by atoms with E-state index in [1.807, 2.05) is 0 Å². The molecule has 0 radical (unpaired) electrons. The maximum absolute atomic E-state index is 11.3. The topological polar surface area (TPSA) is 26.3 Å². The largest absolute Gasteiger partial charge is 0.497 e. The first-order chi connectivity index (χ1) is 3.13. The van der Waals surface area contributed by atoms with Gasteiger partial charge >= 0.3 is 6.22 Å². The quantitative estimate of drug-likeness (QED) is 0.477. The van der Waals surface area contributed by atoms with Gasteiger partial charge in [0.05, 0.1) is 0 Å². The first-order valence-corrected chi connectivity index (χ1v) is 1.63. The zero-order valence-electron chi connectivity index (χ0n) is 3.65. The van der Waals surface area contributed by atoms with Gasteiger partial charge in [0.15, 0.2) is 0 Å². The van der Waals surface area contributed by atoms with E-state index in [2.05, 4.69) is 4.74 Å². The standard InChI is InChI=1S/C3H4F2O2/c1-2(4)7-3(5)6/h2H,1H3. The van der Waals surface area contributed by atoms with Crippen LogP contribution in [-0.4, -0.2) is 12.6 Å². The molecule has 0 aromatic heterocycles. The second-order valence-corrected chi connectivity index (χ2v) is 0.898. The van der Waals surface area contributed by atoms with Gasteiger partial charge in [-0.25, -0.2) is 9.18 Å². The normalized spacial score (nSPS) is 13.0. The van der Waals surface area contributed by atoms with E-state index >= 15 is 0 Å². The van der Waals surface area contributed by atoms with Gasteiger partial charge in [-0.3, -0.25) is 0 Å². The maximum atomic E-state index is 11.3. The summed E-state index contributed by atoms with van der Waals surface area (Å²) in [6, 6.07) is 0. The fourth-order valence-electron chi connectivity index (χ4n) is 0.128. The molecular formula is C3H4F2O2. The summed E-state index contributed by atoms with van der Waals surface area (Å²) >= 11 is 0. The highest BCUT2D eigenvalue weighted by Crippen LogP contribution is 1.92. The van der Waals surface area contributed by atoms with Gasteiger partial charge in [0.2, 0.25) is 6.36 Å². The lowest BCUT2D eigenvalue weighted by atomic mass is 10.8. The van der Waals surface area contributed by atoms with Crippen molar-refractivity contribution in [3.63, 3.8) is 0 Å². The number of carbonyl (C=O) groups excluding carboxylic acids is 1. The van der Waals surface area contributed by atoms with E-state index in [1.54, 1.807) is 0 Å². The molecule has 0 saturated carbocycles. The molecule has 4 heteroatoms. The van der Waals surface area contributed by atoms with Crippen molar-refractivity contribution in [1.82, 2.24) is 0 Å². The molecule has 1 unspecified atom stereocenters. The zero-order valence-corrected chi connectivity index (χ0v) is 3.65. The summed E-state index contributed by atoms with van der Waals surface area (Å²) in [7, 11) is 0. The molecule has 7 heavy (non-hydrogen) atoms. The lowest BCUT2D eigenvalue weighted by Crippen LogP contribution is -2.02. The van der Waals surface area contributed by atoms with Crippen molar-refractivity contribution in [3.05, 3.63) is 0 Å². The second-order valence-electron chi connectivity index (χ2n) is 0.898. The van der Waals surface area contributed by atoms with Gasteiger partial charge < -0.3 is 4.74 Å². The van der Waals surface area contributed by atoms with E-state index < -0.39 is 12.6 Å². The van der Waals surface area contributed by atoms with Crippen LogP contribution in [0.15, 0.2) is 0 Å². The number of hydrogen-bond acceptors (Lipinski definition) is 2. The summed E-state index contributed by atoms with van der Waals surface area (Å²) in [4.78, 5) is 9.13. The Kier molecular flexibility index (Phi) is 2.26. The van der Waals surface area contributed by atoms with Crippen LogP contribution in [0.2, 0.25) is 0 Å². The van der Waals surface area contributed by atoms with Crippen LogP contribution in [0.25, 0.3) is 0 Å². The number of ether oxygens (including phenoxy) is 1. The third-order valence-electron chi connectivity index (χ3n) is 0.255. The lowest BCUT2D eigenvalue weighted by Gasteiger charge is -1.94. The second kappa shape index (κ2) is 2.49. The van der Waals surface area contributed by atoms with Crippen LogP contribution >= 0.6 is 0 Å². The van der Waals surface area contributed by atoms with Crippen LogP contribution in [0, 0.1) is 0 Å². The molecule has 1 atom stereocenters. The number of hydrogen-bond donors (Lipinski definition) is 0. The van der Waals surface area contributed by atoms with Gasteiger partial charge in [0.1, 0.15) is 0 Å². The molecule has 0 N–H and O–H groups in total. The van der Waals surface area contributed by atoms with Crippen molar-refractivity contribution in [2.24, 2.45) is 0 Å². The third-order valence-corrected chi connectivity index (χ3v) is 0.255. The van der Waals surface area contributed by atoms with E-state index in [1.165, 1.54) is 0 Å². The minimum Gasteiger partial charge on any atom is -0.406 e. The van der Waals surface area contributed by atoms with Crippen LogP contribution in [0.5, 0.6) is 0 Å². The van der Waals surface area contributed by atoms with Crippen molar-refractivity contribution in [2.75, 3.05) is 0 Å². The van der Waals surface area contributed by atoms with Crippen molar-refractivity contribution >= 4 is 6.22 Å². The average molecular weight is 110 g/mol. The molecule has 0 aliphatic carbocycles. The van der Waals surface area contributed by atoms with Gasteiger partial charge in [-0.2, -0.15) is 0 Å². The number of alkyl halides is 1. The molecule has 2 nitrogen and oxygen atoms in total. The first kappa shape index (κ1) is 6.33. The van der Waals surface area contributed by atoms with Gasteiger partial charge in [-0.1, -0.05) is 0 Å². The van der Waals surface area contributed by atoms with E-state index in [0.717, 1.165) is 6.92 Å². The Morgan fingerprint density at radius 1 is 1.86 bits per heavy atom. The summed E-state index contributed by atoms with van der Waals surface area (Å²) in [6.45, 7) is 0.914.